The molecule has 1 N–H and O–H groups in total. The average molecular weight is 367 g/mol. The summed E-state index contributed by atoms with van der Waals surface area (Å²) < 4.78 is 38.9. The maximum Gasteiger partial charge on any atom is 0.405 e. The van der Waals surface area contributed by atoms with Gasteiger partial charge in [-0.15, -0.1) is 0 Å². The summed E-state index contributed by atoms with van der Waals surface area (Å²) >= 11 is 3.34. The molecule has 0 amide bonds. The molecule has 0 aromatic heterocycles. The molecule has 1 aromatic rings. The van der Waals surface area contributed by atoms with E-state index in [0.717, 1.165) is 16.6 Å². The first kappa shape index (κ1) is 18.3. The van der Waals surface area contributed by atoms with Crippen LogP contribution in [0.15, 0.2) is 22.7 Å². The molecule has 120 valence electrons. The van der Waals surface area contributed by atoms with E-state index in [-0.39, 0.29) is 0 Å². The number of nitrogens with one attached hydrogen (secondary N) is 1. The summed E-state index contributed by atoms with van der Waals surface area (Å²) in [5.41, 5.74) is 1.51. The summed E-state index contributed by atoms with van der Waals surface area (Å²) in [7, 11) is 0. The van der Waals surface area contributed by atoms with Crippen LogP contribution in [0.4, 0.5) is 18.9 Å². The lowest BCUT2D eigenvalue weighted by Gasteiger charge is -2.27. The van der Waals surface area contributed by atoms with Gasteiger partial charge in [0.2, 0.25) is 0 Å². The molecule has 6 heteroatoms. The third-order valence-corrected chi connectivity index (χ3v) is 3.50. The summed E-state index contributed by atoms with van der Waals surface area (Å²) in [6, 6.07) is 5.48. The first-order valence-electron chi connectivity index (χ1n) is 7.03. The second-order valence-electron chi connectivity index (χ2n) is 5.43. The lowest BCUT2D eigenvalue weighted by Crippen LogP contribution is -2.35. The molecule has 0 radical (unpaired) electrons. The molecule has 0 fully saturated rings. The van der Waals surface area contributed by atoms with Gasteiger partial charge in [0.25, 0.3) is 0 Å². The van der Waals surface area contributed by atoms with Crippen LogP contribution in [0.5, 0.6) is 0 Å². The summed E-state index contributed by atoms with van der Waals surface area (Å²) in [5.74, 6) is 0.501. The molecule has 0 spiro atoms. The van der Waals surface area contributed by atoms with Crippen LogP contribution in [0.3, 0.4) is 0 Å². The van der Waals surface area contributed by atoms with Gasteiger partial charge >= 0.3 is 6.18 Å². The van der Waals surface area contributed by atoms with Crippen molar-refractivity contribution in [3.63, 3.8) is 0 Å². The second kappa shape index (κ2) is 8.03. The van der Waals surface area contributed by atoms with Gasteiger partial charge < -0.3 is 10.2 Å². The third-order valence-electron chi connectivity index (χ3n) is 3.01. The highest BCUT2D eigenvalue weighted by atomic mass is 79.9. The van der Waals surface area contributed by atoms with Gasteiger partial charge in [0.15, 0.2) is 0 Å². The van der Waals surface area contributed by atoms with Crippen molar-refractivity contribution < 1.29 is 13.2 Å². The number of halogens is 4. The summed E-state index contributed by atoms with van der Waals surface area (Å²) in [5, 5.41) is 3.28. The SMILES string of the molecule is CCN(CC(F)(F)F)c1cc(Br)ccc1CNCC(C)C. The van der Waals surface area contributed by atoms with Gasteiger partial charge in [-0.1, -0.05) is 35.8 Å². The van der Waals surface area contributed by atoms with Crippen molar-refractivity contribution in [3.8, 4) is 0 Å². The molecule has 0 aliphatic carbocycles. The number of alkyl halides is 3. The molecule has 0 unspecified atom stereocenters. The monoisotopic (exact) mass is 366 g/mol. The van der Waals surface area contributed by atoms with E-state index in [2.05, 4.69) is 35.1 Å². The van der Waals surface area contributed by atoms with Crippen molar-refractivity contribution in [3.05, 3.63) is 28.2 Å². The van der Waals surface area contributed by atoms with Gasteiger partial charge in [-0.2, -0.15) is 13.2 Å². The van der Waals surface area contributed by atoms with Crippen LogP contribution < -0.4 is 10.2 Å². The van der Waals surface area contributed by atoms with Crippen molar-refractivity contribution in [2.45, 2.75) is 33.5 Å². The van der Waals surface area contributed by atoms with E-state index < -0.39 is 12.7 Å². The Balaban J connectivity index is 2.93. The summed E-state index contributed by atoms with van der Waals surface area (Å²) in [4.78, 5) is 1.36. The Morgan fingerprint density at radius 1 is 1.29 bits per heavy atom. The molecule has 0 atom stereocenters. The van der Waals surface area contributed by atoms with E-state index in [1.165, 1.54) is 4.90 Å². The zero-order chi connectivity index (χ0) is 16.0. The summed E-state index contributed by atoms with van der Waals surface area (Å²) in [6.45, 7) is 6.70. The molecule has 0 aliphatic heterocycles. The first-order valence-corrected chi connectivity index (χ1v) is 7.83. The van der Waals surface area contributed by atoms with Crippen LogP contribution in [-0.4, -0.2) is 25.8 Å². The second-order valence-corrected chi connectivity index (χ2v) is 6.34. The standard InChI is InChI=1S/C15H22BrF3N2/c1-4-21(10-15(17,18)19)14-7-13(16)6-5-12(14)9-20-8-11(2)3/h5-7,11,20H,4,8-10H2,1-3H3. The van der Waals surface area contributed by atoms with Crippen molar-refractivity contribution in [2.75, 3.05) is 24.5 Å². The van der Waals surface area contributed by atoms with E-state index in [1.54, 1.807) is 13.0 Å². The minimum absolute atomic E-state index is 0.313. The Hall–Kier alpha value is -0.750. The fourth-order valence-electron chi connectivity index (χ4n) is 2.06. The number of benzene rings is 1. The highest BCUT2D eigenvalue weighted by molar-refractivity contribution is 9.10. The minimum Gasteiger partial charge on any atom is -0.363 e. The van der Waals surface area contributed by atoms with E-state index in [9.17, 15) is 13.2 Å². The van der Waals surface area contributed by atoms with Gasteiger partial charge in [-0.25, -0.2) is 0 Å². The molecule has 2 nitrogen and oxygen atoms in total. The van der Waals surface area contributed by atoms with Crippen LogP contribution in [0, 0.1) is 5.92 Å². The molecule has 0 saturated carbocycles. The van der Waals surface area contributed by atoms with Crippen LogP contribution in [-0.2, 0) is 6.54 Å². The lowest BCUT2D eigenvalue weighted by molar-refractivity contribution is -0.119. The van der Waals surface area contributed by atoms with Crippen molar-refractivity contribution >= 4 is 21.6 Å². The molecule has 21 heavy (non-hydrogen) atoms. The fraction of sp³-hybridized carbons (Fsp3) is 0.600. The van der Waals surface area contributed by atoms with Crippen LogP contribution in [0.25, 0.3) is 0 Å². The highest BCUT2D eigenvalue weighted by Crippen LogP contribution is 2.28. The quantitative estimate of drug-likeness (QED) is 0.759. The van der Waals surface area contributed by atoms with Gasteiger partial charge in [0.1, 0.15) is 6.54 Å². The highest BCUT2D eigenvalue weighted by Gasteiger charge is 2.31. The predicted octanol–water partition coefficient (Wildman–Crippen LogP) is 4.58. The zero-order valence-electron chi connectivity index (χ0n) is 12.6. The maximum absolute atomic E-state index is 12.7. The number of rotatable bonds is 7. The average Bonchev–Trinajstić information content (AvgIpc) is 2.36. The predicted molar refractivity (Wildman–Crippen MR) is 84.6 cm³/mol. The number of nitrogens with zero attached hydrogens (tertiary/aromatic N) is 1. The Morgan fingerprint density at radius 2 is 1.95 bits per heavy atom. The van der Waals surface area contributed by atoms with Gasteiger partial charge in [-0.05, 0) is 37.1 Å². The zero-order valence-corrected chi connectivity index (χ0v) is 14.2. The number of anilines is 1. The van der Waals surface area contributed by atoms with Crippen LogP contribution in [0.2, 0.25) is 0 Å². The first-order chi connectivity index (χ1) is 9.73. The van der Waals surface area contributed by atoms with Crippen molar-refractivity contribution in [2.24, 2.45) is 5.92 Å². The van der Waals surface area contributed by atoms with Crippen molar-refractivity contribution in [1.29, 1.82) is 0 Å². The van der Waals surface area contributed by atoms with E-state index in [0.29, 0.717) is 24.7 Å². The van der Waals surface area contributed by atoms with E-state index >= 15 is 0 Å². The molecule has 0 bridgehead atoms. The smallest absolute Gasteiger partial charge is 0.363 e. The molecule has 0 heterocycles. The maximum atomic E-state index is 12.7. The Bertz CT molecular complexity index is 447. The lowest BCUT2D eigenvalue weighted by atomic mass is 10.1. The van der Waals surface area contributed by atoms with Gasteiger partial charge in [-0.3, -0.25) is 0 Å². The Labute approximate surface area is 132 Å². The van der Waals surface area contributed by atoms with Gasteiger partial charge in [0, 0.05) is 23.2 Å². The molecule has 1 rings (SSSR count). The normalized spacial score (nSPS) is 12.0. The molecular weight excluding hydrogens is 345 g/mol. The van der Waals surface area contributed by atoms with E-state index in [4.69, 9.17) is 0 Å². The van der Waals surface area contributed by atoms with Gasteiger partial charge in [0.05, 0.1) is 0 Å². The fourth-order valence-corrected chi connectivity index (χ4v) is 2.41. The topological polar surface area (TPSA) is 15.3 Å². The molecule has 0 saturated heterocycles. The van der Waals surface area contributed by atoms with E-state index in [1.807, 2.05) is 12.1 Å². The molecule has 1 aromatic carbocycles. The van der Waals surface area contributed by atoms with Crippen molar-refractivity contribution in [1.82, 2.24) is 5.32 Å². The number of hydrogen-bond donors (Lipinski definition) is 1. The van der Waals surface area contributed by atoms with Crippen LogP contribution in [0.1, 0.15) is 26.3 Å². The molecular formula is C15H22BrF3N2. The summed E-state index contributed by atoms with van der Waals surface area (Å²) in [6.07, 6.45) is -4.21. The third kappa shape index (κ3) is 6.70. The Kier molecular flexibility index (Phi) is 7.00. The minimum atomic E-state index is -4.21. The molecule has 0 aliphatic rings. The largest absolute Gasteiger partial charge is 0.405 e. The Morgan fingerprint density at radius 3 is 2.48 bits per heavy atom. The number of hydrogen-bond acceptors (Lipinski definition) is 2. The van der Waals surface area contributed by atoms with Crippen LogP contribution >= 0.6 is 15.9 Å².